The fourth-order valence-corrected chi connectivity index (χ4v) is 8.17. The third-order valence-corrected chi connectivity index (χ3v) is 10.7. The number of methoxy groups -OCH3 is 1. The Morgan fingerprint density at radius 2 is 1.74 bits per heavy atom. The molecule has 0 unspecified atom stereocenters. The highest BCUT2D eigenvalue weighted by molar-refractivity contribution is 7.89. The van der Waals surface area contributed by atoms with Gasteiger partial charge in [-0.05, 0) is 74.1 Å². The van der Waals surface area contributed by atoms with E-state index in [1.54, 1.807) is 52.8 Å². The predicted octanol–water partition coefficient (Wildman–Crippen LogP) is 5.96. The van der Waals surface area contributed by atoms with Crippen molar-refractivity contribution >= 4 is 39.3 Å². The Balaban J connectivity index is 1.54. The zero-order chi connectivity index (χ0) is 33.4. The molecule has 2 amide bonds. The monoisotopic (exact) mass is 672 g/mol. The minimum absolute atomic E-state index is 0.0809. The highest BCUT2D eigenvalue weighted by Gasteiger charge is 2.38. The van der Waals surface area contributed by atoms with Gasteiger partial charge in [0.15, 0.2) is 0 Å². The molecular formula is C34H42ClFN4O5S. The summed E-state index contributed by atoms with van der Waals surface area (Å²) in [7, 11) is -2.52. The van der Waals surface area contributed by atoms with Crippen molar-refractivity contribution in [3.05, 3.63) is 94.8 Å². The number of ether oxygens (including phenoxy) is 1. The van der Waals surface area contributed by atoms with E-state index in [0.717, 1.165) is 5.56 Å². The molecule has 0 bridgehead atoms. The zero-order valence-electron chi connectivity index (χ0n) is 26.5. The number of carbonyl (C=O) groups is 2. The van der Waals surface area contributed by atoms with Crippen LogP contribution in [-0.4, -0.2) is 63.0 Å². The van der Waals surface area contributed by atoms with Crippen LogP contribution in [0.1, 0.15) is 50.7 Å². The Hall–Kier alpha value is -3.51. The summed E-state index contributed by atoms with van der Waals surface area (Å²) in [6.07, 6.45) is 0.424. The average molecular weight is 673 g/mol. The maximum Gasteiger partial charge on any atom is 0.407 e. The number of nitrogens with zero attached hydrogens (tertiary/aromatic N) is 1. The van der Waals surface area contributed by atoms with E-state index in [-0.39, 0.29) is 35.0 Å². The van der Waals surface area contributed by atoms with Crippen LogP contribution in [0.3, 0.4) is 0 Å². The lowest BCUT2D eigenvalue weighted by atomic mass is 9.82. The van der Waals surface area contributed by atoms with Gasteiger partial charge in [0, 0.05) is 47.4 Å². The molecule has 0 radical (unpaired) electrons. The number of anilines is 1. The van der Waals surface area contributed by atoms with Crippen molar-refractivity contribution in [3.8, 4) is 0 Å². The number of hydrogen-bond acceptors (Lipinski definition) is 6. The lowest BCUT2D eigenvalue weighted by Crippen LogP contribution is -2.58. The Labute approximate surface area is 275 Å². The lowest BCUT2D eigenvalue weighted by molar-refractivity contribution is -0.118. The van der Waals surface area contributed by atoms with Crippen LogP contribution in [0.5, 0.6) is 0 Å². The normalized spacial score (nSPS) is 18.5. The van der Waals surface area contributed by atoms with Gasteiger partial charge >= 0.3 is 6.09 Å². The molecule has 1 fully saturated rings. The number of carbonyl (C=O) groups excluding carboxylic acids is 2. The molecule has 4 atom stereocenters. The summed E-state index contributed by atoms with van der Waals surface area (Å²) in [6, 6.07) is 18.2. The van der Waals surface area contributed by atoms with E-state index in [1.165, 1.54) is 19.2 Å². The van der Waals surface area contributed by atoms with Gasteiger partial charge in [-0.15, -0.1) is 0 Å². The fraction of sp³-hybridized carbons (Fsp3) is 0.412. The second kappa shape index (κ2) is 15.9. The van der Waals surface area contributed by atoms with E-state index in [0.29, 0.717) is 36.5 Å². The Kier molecular flexibility index (Phi) is 12.2. The van der Waals surface area contributed by atoms with Crippen molar-refractivity contribution < 1.29 is 27.1 Å². The van der Waals surface area contributed by atoms with Crippen molar-refractivity contribution in [1.29, 1.82) is 0 Å². The number of amides is 2. The second-order valence-corrected chi connectivity index (χ2v) is 14.2. The van der Waals surface area contributed by atoms with Gasteiger partial charge in [0.25, 0.3) is 0 Å². The maximum atomic E-state index is 15.3. The summed E-state index contributed by atoms with van der Waals surface area (Å²) in [5, 5.41) is 9.38. The summed E-state index contributed by atoms with van der Waals surface area (Å²) in [5.74, 6) is -1.55. The first-order chi connectivity index (χ1) is 21.9. The highest BCUT2D eigenvalue weighted by atomic mass is 35.5. The van der Waals surface area contributed by atoms with E-state index in [9.17, 15) is 18.0 Å². The van der Waals surface area contributed by atoms with Crippen LogP contribution in [0.2, 0.25) is 5.02 Å². The van der Waals surface area contributed by atoms with Crippen molar-refractivity contribution in [2.45, 2.75) is 69.0 Å². The van der Waals surface area contributed by atoms with E-state index in [1.807, 2.05) is 32.9 Å². The summed E-state index contributed by atoms with van der Waals surface area (Å²) in [4.78, 5) is 26.5. The van der Waals surface area contributed by atoms with Crippen LogP contribution in [0, 0.1) is 11.7 Å². The molecule has 3 aromatic rings. The first-order valence-corrected chi connectivity index (χ1v) is 17.2. The van der Waals surface area contributed by atoms with Gasteiger partial charge in [-0.1, -0.05) is 61.8 Å². The minimum atomic E-state index is -3.74. The summed E-state index contributed by atoms with van der Waals surface area (Å²) in [5.41, 5.74) is 1.37. The van der Waals surface area contributed by atoms with Gasteiger partial charge in [0.05, 0.1) is 12.0 Å². The van der Waals surface area contributed by atoms with Crippen LogP contribution in [0.25, 0.3) is 0 Å². The second-order valence-electron chi connectivity index (χ2n) is 11.9. The third kappa shape index (κ3) is 8.44. The van der Waals surface area contributed by atoms with Gasteiger partial charge in [-0.3, -0.25) is 4.79 Å². The first-order valence-electron chi connectivity index (χ1n) is 15.4. The Morgan fingerprint density at radius 3 is 2.39 bits per heavy atom. The topological polar surface area (TPSA) is 117 Å². The molecule has 0 aliphatic carbocycles. The molecule has 0 saturated carbocycles. The number of halogens is 2. The summed E-state index contributed by atoms with van der Waals surface area (Å²) >= 11 is 6.10. The molecule has 0 spiro atoms. The number of rotatable bonds is 12. The Morgan fingerprint density at radius 1 is 1.04 bits per heavy atom. The molecule has 1 aliphatic heterocycles. The standard InChI is InChI=1S/C34H42ClFN4O5S/c1-22(2)31(24-16-18-25(35)19-17-24)32(39-34(42)45-4)33(41)38-30-15-9-14-29(36)28(30)13-8-10-26-21-37-20-23(3)40(26)46(43,44)27-11-6-5-7-12-27/h5-7,9,11-12,14-19,22-23,26,31-32,37H,8,10,13,20-21H2,1-4H3,(H,38,41)(H,39,42)/t23-,26+,31-,32+/m1/s1. The minimum Gasteiger partial charge on any atom is -0.453 e. The first kappa shape index (κ1) is 35.3. The predicted molar refractivity (Wildman–Crippen MR) is 178 cm³/mol. The van der Waals surface area contributed by atoms with Crippen molar-refractivity contribution in [3.63, 3.8) is 0 Å². The van der Waals surface area contributed by atoms with E-state index in [4.69, 9.17) is 16.3 Å². The SMILES string of the molecule is COC(=O)N[C@H](C(=O)Nc1cccc(F)c1CCC[C@H]1CNC[C@@H](C)N1S(=O)(=O)c1ccccc1)[C@@H](c1ccc(Cl)cc1)C(C)C. The fourth-order valence-electron chi connectivity index (χ4n) is 6.18. The summed E-state index contributed by atoms with van der Waals surface area (Å²) in [6.45, 7) is 6.75. The van der Waals surface area contributed by atoms with Gasteiger partial charge < -0.3 is 20.7 Å². The summed E-state index contributed by atoms with van der Waals surface area (Å²) < 4.78 is 48.9. The molecule has 12 heteroatoms. The molecule has 1 aliphatic rings. The molecular weight excluding hydrogens is 631 g/mol. The molecule has 1 saturated heterocycles. The average Bonchev–Trinajstić information content (AvgIpc) is 3.03. The lowest BCUT2D eigenvalue weighted by Gasteiger charge is -2.40. The van der Waals surface area contributed by atoms with Crippen molar-refractivity contribution in [2.75, 3.05) is 25.5 Å². The van der Waals surface area contributed by atoms with Crippen LogP contribution < -0.4 is 16.0 Å². The number of piperazine rings is 1. The van der Waals surface area contributed by atoms with Crippen LogP contribution in [0.15, 0.2) is 77.7 Å². The Bertz CT molecular complexity index is 1590. The van der Waals surface area contributed by atoms with E-state index >= 15 is 4.39 Å². The number of nitrogens with one attached hydrogen (secondary N) is 3. The van der Waals surface area contributed by atoms with Crippen LogP contribution in [-0.2, 0) is 26.0 Å². The highest BCUT2D eigenvalue weighted by Crippen LogP contribution is 2.31. The molecule has 1 heterocycles. The quantitative estimate of drug-likeness (QED) is 0.219. The largest absolute Gasteiger partial charge is 0.453 e. The van der Waals surface area contributed by atoms with Crippen LogP contribution >= 0.6 is 11.6 Å². The number of benzene rings is 3. The smallest absolute Gasteiger partial charge is 0.407 e. The van der Waals surface area contributed by atoms with E-state index in [2.05, 4.69) is 16.0 Å². The molecule has 0 aromatic heterocycles. The van der Waals surface area contributed by atoms with Crippen molar-refractivity contribution in [2.24, 2.45) is 5.92 Å². The number of alkyl carbamates (subject to hydrolysis) is 1. The van der Waals surface area contributed by atoms with Gasteiger partial charge in [-0.25, -0.2) is 17.6 Å². The van der Waals surface area contributed by atoms with Gasteiger partial charge in [0.1, 0.15) is 11.9 Å². The molecule has 46 heavy (non-hydrogen) atoms. The van der Waals surface area contributed by atoms with Gasteiger partial charge in [0.2, 0.25) is 15.9 Å². The van der Waals surface area contributed by atoms with E-state index < -0.39 is 39.8 Å². The maximum absolute atomic E-state index is 15.3. The molecule has 4 rings (SSSR count). The molecule has 9 nitrogen and oxygen atoms in total. The van der Waals surface area contributed by atoms with Crippen molar-refractivity contribution in [1.82, 2.24) is 14.9 Å². The molecule has 248 valence electrons. The number of hydrogen-bond donors (Lipinski definition) is 3. The van der Waals surface area contributed by atoms with Gasteiger partial charge in [-0.2, -0.15) is 4.31 Å². The molecule has 3 aromatic carbocycles. The zero-order valence-corrected chi connectivity index (χ0v) is 28.1. The van der Waals surface area contributed by atoms with Crippen LogP contribution in [0.4, 0.5) is 14.9 Å². The third-order valence-electron chi connectivity index (χ3n) is 8.35. The molecule has 3 N–H and O–H groups in total. The number of sulfonamides is 1.